The summed E-state index contributed by atoms with van der Waals surface area (Å²) in [6.45, 7) is 13.6. The zero-order valence-electron chi connectivity index (χ0n) is 15.1. The van der Waals surface area contributed by atoms with E-state index in [1.807, 2.05) is 24.3 Å². The molecule has 24 heavy (non-hydrogen) atoms. The van der Waals surface area contributed by atoms with E-state index < -0.39 is 6.10 Å². The monoisotopic (exact) mass is 334 g/mol. The van der Waals surface area contributed by atoms with Crippen LogP contribution in [0.5, 0.6) is 5.75 Å². The fraction of sp³-hybridized carbons (Fsp3) is 0.526. The molecule has 0 spiro atoms. The number of rotatable bonds is 12. The van der Waals surface area contributed by atoms with Crippen LogP contribution in [-0.2, 0) is 9.53 Å². The average molecular weight is 334 g/mol. The number of carbonyl (C=O) groups excluding carboxylic acids is 1. The Labute approximate surface area is 145 Å². The number of hydrogen-bond acceptors (Lipinski definition) is 4. The lowest BCUT2D eigenvalue weighted by atomic mass is 10.2. The van der Waals surface area contributed by atoms with Crippen LogP contribution in [0.2, 0.25) is 0 Å². The molecule has 0 saturated heterocycles. The van der Waals surface area contributed by atoms with Gasteiger partial charge in [-0.05, 0) is 38.6 Å². The van der Waals surface area contributed by atoms with Crippen LogP contribution in [0.15, 0.2) is 36.9 Å². The highest BCUT2D eigenvalue weighted by atomic mass is 16.5. The summed E-state index contributed by atoms with van der Waals surface area (Å²) in [7, 11) is 0. The summed E-state index contributed by atoms with van der Waals surface area (Å²) in [5.74, 6) is 0.496. The first-order chi connectivity index (χ1) is 11.6. The molecule has 1 unspecified atom stereocenters. The molecule has 0 bridgehead atoms. The number of ether oxygens (including phenoxy) is 2. The largest absolute Gasteiger partial charge is 0.490 e. The van der Waals surface area contributed by atoms with Gasteiger partial charge >= 0.3 is 0 Å². The smallest absolute Gasteiger partial charge is 0.253 e. The molecule has 5 heteroatoms. The lowest BCUT2D eigenvalue weighted by Crippen LogP contribution is -2.29. The molecule has 0 saturated carbocycles. The summed E-state index contributed by atoms with van der Waals surface area (Å²) < 4.78 is 11.3. The molecule has 1 amide bonds. The predicted molar refractivity (Wildman–Crippen MR) is 98.6 cm³/mol. The molecule has 134 valence electrons. The summed E-state index contributed by atoms with van der Waals surface area (Å²) >= 11 is 0. The van der Waals surface area contributed by atoms with Crippen molar-refractivity contribution in [1.82, 2.24) is 4.90 Å². The van der Waals surface area contributed by atoms with Gasteiger partial charge < -0.3 is 19.7 Å². The second kappa shape index (κ2) is 11.6. The number of anilines is 1. The van der Waals surface area contributed by atoms with Crippen LogP contribution in [0.1, 0.15) is 27.2 Å². The Bertz CT molecular complexity index is 501. The lowest BCUT2D eigenvalue weighted by Gasteiger charge is -2.19. The first-order valence-electron chi connectivity index (χ1n) is 8.59. The lowest BCUT2D eigenvalue weighted by molar-refractivity contribution is -0.126. The molecule has 0 radical (unpaired) electrons. The summed E-state index contributed by atoms with van der Waals surface area (Å²) in [5.41, 5.74) is 0.668. The van der Waals surface area contributed by atoms with Gasteiger partial charge in [0.05, 0.1) is 12.3 Å². The molecule has 5 nitrogen and oxygen atoms in total. The number of nitrogens with zero attached hydrogens (tertiary/aromatic N) is 1. The van der Waals surface area contributed by atoms with Crippen LogP contribution in [0, 0.1) is 0 Å². The number of nitrogens with one attached hydrogen (secondary N) is 1. The number of carbonyl (C=O) groups is 1. The van der Waals surface area contributed by atoms with Crippen molar-refractivity contribution in [3.8, 4) is 5.75 Å². The Morgan fingerprint density at radius 2 is 2.00 bits per heavy atom. The van der Waals surface area contributed by atoms with Gasteiger partial charge in [-0.1, -0.05) is 32.1 Å². The molecule has 1 aromatic rings. The minimum Gasteiger partial charge on any atom is -0.490 e. The van der Waals surface area contributed by atoms with Crippen LogP contribution < -0.4 is 10.1 Å². The van der Waals surface area contributed by atoms with Gasteiger partial charge in [-0.3, -0.25) is 4.79 Å². The van der Waals surface area contributed by atoms with Crippen molar-refractivity contribution in [3.05, 3.63) is 36.9 Å². The van der Waals surface area contributed by atoms with Crippen molar-refractivity contribution in [2.24, 2.45) is 0 Å². The first kappa shape index (κ1) is 20.2. The molecular weight excluding hydrogens is 304 g/mol. The Morgan fingerprint density at radius 3 is 2.67 bits per heavy atom. The van der Waals surface area contributed by atoms with Crippen molar-refractivity contribution in [2.75, 3.05) is 38.2 Å². The second-order valence-electron chi connectivity index (χ2n) is 5.45. The zero-order valence-corrected chi connectivity index (χ0v) is 15.1. The van der Waals surface area contributed by atoms with E-state index in [0.717, 1.165) is 26.1 Å². The third-order valence-electron chi connectivity index (χ3n) is 3.76. The number of amides is 1. The number of para-hydroxylation sites is 2. The number of likely N-dealkylation sites (N-methyl/N-ethyl adjacent to an activating group) is 1. The Hall–Kier alpha value is -1.85. The van der Waals surface area contributed by atoms with E-state index in [4.69, 9.17) is 9.47 Å². The summed E-state index contributed by atoms with van der Waals surface area (Å²) in [4.78, 5) is 14.5. The normalized spacial score (nSPS) is 12.0. The third-order valence-corrected chi connectivity index (χ3v) is 3.76. The maximum atomic E-state index is 12.2. The van der Waals surface area contributed by atoms with Gasteiger partial charge in [-0.25, -0.2) is 0 Å². The number of hydrogen-bond donors (Lipinski definition) is 1. The molecule has 1 aromatic carbocycles. The number of benzene rings is 1. The van der Waals surface area contributed by atoms with Crippen molar-refractivity contribution < 1.29 is 14.3 Å². The molecule has 1 N–H and O–H groups in total. The molecular formula is C19H30N2O3. The van der Waals surface area contributed by atoms with Crippen LogP contribution in [0.25, 0.3) is 0 Å². The van der Waals surface area contributed by atoms with Crippen molar-refractivity contribution >= 4 is 11.6 Å². The van der Waals surface area contributed by atoms with E-state index in [1.54, 1.807) is 13.0 Å². The highest BCUT2D eigenvalue weighted by Gasteiger charge is 2.15. The summed E-state index contributed by atoms with van der Waals surface area (Å²) in [6, 6.07) is 7.46. The predicted octanol–water partition coefficient (Wildman–Crippen LogP) is 3.33. The summed E-state index contributed by atoms with van der Waals surface area (Å²) in [6.07, 6.45) is 1.97. The molecule has 1 rings (SSSR count). The zero-order chi connectivity index (χ0) is 17.8. The van der Waals surface area contributed by atoms with Gasteiger partial charge in [0.25, 0.3) is 5.91 Å². The fourth-order valence-electron chi connectivity index (χ4n) is 2.16. The van der Waals surface area contributed by atoms with E-state index in [1.165, 1.54) is 0 Å². The van der Waals surface area contributed by atoms with E-state index in [9.17, 15) is 4.79 Å². The van der Waals surface area contributed by atoms with Crippen LogP contribution in [0.4, 0.5) is 5.69 Å². The highest BCUT2D eigenvalue weighted by molar-refractivity contribution is 5.95. The topological polar surface area (TPSA) is 50.8 Å². The summed E-state index contributed by atoms with van der Waals surface area (Å²) in [5, 5.41) is 2.87. The Balaban J connectivity index is 2.56. The van der Waals surface area contributed by atoms with Crippen molar-refractivity contribution in [2.45, 2.75) is 33.3 Å². The van der Waals surface area contributed by atoms with Crippen LogP contribution in [-0.4, -0.2) is 49.8 Å². The van der Waals surface area contributed by atoms with E-state index in [0.29, 0.717) is 24.7 Å². The van der Waals surface area contributed by atoms with Crippen molar-refractivity contribution in [3.63, 3.8) is 0 Å². The maximum Gasteiger partial charge on any atom is 0.253 e. The Kier molecular flexibility index (Phi) is 9.80. The average Bonchev–Trinajstić information content (AvgIpc) is 2.60. The third kappa shape index (κ3) is 7.15. The Morgan fingerprint density at radius 1 is 1.29 bits per heavy atom. The standard InChI is InChI=1S/C19H30N2O3/c1-5-8-14-23-16(4)19(22)20-17-11-9-10-12-18(17)24-15-13-21(6-2)7-3/h5,9-12,16H,1,6-8,13-15H2,2-4H3,(H,20,22). The minimum atomic E-state index is -0.520. The van der Waals surface area contributed by atoms with Crippen LogP contribution in [0.3, 0.4) is 0 Å². The molecule has 0 heterocycles. The van der Waals surface area contributed by atoms with Crippen LogP contribution >= 0.6 is 0 Å². The fourth-order valence-corrected chi connectivity index (χ4v) is 2.16. The van der Waals surface area contributed by atoms with Gasteiger partial charge in [0.2, 0.25) is 0 Å². The maximum absolute atomic E-state index is 12.2. The molecule has 0 aliphatic heterocycles. The highest BCUT2D eigenvalue weighted by Crippen LogP contribution is 2.24. The molecule has 0 aromatic heterocycles. The van der Waals surface area contributed by atoms with Gasteiger partial charge in [0.1, 0.15) is 18.5 Å². The first-order valence-corrected chi connectivity index (χ1v) is 8.59. The molecule has 1 atom stereocenters. The van der Waals surface area contributed by atoms with Gasteiger partial charge in [0.15, 0.2) is 0 Å². The molecule has 0 aliphatic rings. The van der Waals surface area contributed by atoms with Gasteiger partial charge in [-0.2, -0.15) is 0 Å². The second-order valence-corrected chi connectivity index (χ2v) is 5.45. The SMILES string of the molecule is C=CCCOC(C)C(=O)Nc1ccccc1OCCN(CC)CC. The molecule has 0 aliphatic carbocycles. The quantitative estimate of drug-likeness (QED) is 0.470. The van der Waals surface area contributed by atoms with Gasteiger partial charge in [-0.15, -0.1) is 6.58 Å². The van der Waals surface area contributed by atoms with E-state index in [2.05, 4.69) is 30.6 Å². The minimum absolute atomic E-state index is 0.182. The van der Waals surface area contributed by atoms with Gasteiger partial charge in [0, 0.05) is 6.54 Å². The van der Waals surface area contributed by atoms with E-state index >= 15 is 0 Å². The van der Waals surface area contributed by atoms with E-state index in [-0.39, 0.29) is 5.91 Å². The molecule has 0 fully saturated rings. The van der Waals surface area contributed by atoms with Crippen molar-refractivity contribution in [1.29, 1.82) is 0 Å².